The Bertz CT molecular complexity index is 746. The molecule has 1 unspecified atom stereocenters. The molecular formula is C17H19N3O. The molecule has 4 nitrogen and oxygen atoms in total. The molecule has 1 atom stereocenters. The van der Waals surface area contributed by atoms with E-state index in [1.807, 2.05) is 35.9 Å². The van der Waals surface area contributed by atoms with E-state index in [1.54, 1.807) is 6.20 Å². The van der Waals surface area contributed by atoms with Crippen LogP contribution in [0, 0.1) is 6.92 Å². The largest absolute Gasteiger partial charge is 0.386 e. The molecule has 0 amide bonds. The lowest BCUT2D eigenvalue weighted by molar-refractivity contribution is 0.172. The van der Waals surface area contributed by atoms with E-state index in [2.05, 4.69) is 29.1 Å². The van der Waals surface area contributed by atoms with Crippen LogP contribution in [0.15, 0.2) is 42.6 Å². The molecule has 4 heteroatoms. The fourth-order valence-electron chi connectivity index (χ4n) is 2.55. The second kappa shape index (κ2) is 5.66. The maximum atomic E-state index is 10.4. The highest BCUT2D eigenvalue weighted by Gasteiger charge is 2.15. The number of hydrogen-bond donors (Lipinski definition) is 1. The van der Waals surface area contributed by atoms with Gasteiger partial charge < -0.3 is 5.11 Å². The minimum absolute atomic E-state index is 0.476. The van der Waals surface area contributed by atoms with E-state index >= 15 is 0 Å². The number of aliphatic hydroxyl groups excluding tert-OH is 1. The molecule has 0 saturated carbocycles. The first-order chi connectivity index (χ1) is 10.2. The molecule has 2 aromatic heterocycles. The summed E-state index contributed by atoms with van der Waals surface area (Å²) >= 11 is 0. The monoisotopic (exact) mass is 281 g/mol. The zero-order valence-electron chi connectivity index (χ0n) is 12.3. The van der Waals surface area contributed by atoms with Crippen LogP contribution < -0.4 is 0 Å². The molecule has 0 aliphatic carbocycles. The molecular weight excluding hydrogens is 262 g/mol. The Kier molecular flexibility index (Phi) is 3.71. The minimum Gasteiger partial charge on any atom is -0.386 e. The van der Waals surface area contributed by atoms with Gasteiger partial charge in [-0.05, 0) is 31.5 Å². The molecule has 1 N–H and O–H groups in total. The summed E-state index contributed by atoms with van der Waals surface area (Å²) in [5, 5.41) is 16.1. The van der Waals surface area contributed by atoms with E-state index in [0.29, 0.717) is 12.1 Å². The number of fused-ring (bicyclic) bond motifs is 1. The van der Waals surface area contributed by atoms with Gasteiger partial charge in [0.05, 0.1) is 16.9 Å². The van der Waals surface area contributed by atoms with Crippen molar-refractivity contribution in [3.05, 3.63) is 59.5 Å². The molecule has 0 radical (unpaired) electrons. The van der Waals surface area contributed by atoms with Crippen molar-refractivity contribution in [1.29, 1.82) is 0 Å². The highest BCUT2D eigenvalue weighted by Crippen LogP contribution is 2.23. The molecule has 0 aliphatic rings. The van der Waals surface area contributed by atoms with Gasteiger partial charge in [-0.1, -0.05) is 24.3 Å². The summed E-state index contributed by atoms with van der Waals surface area (Å²) in [7, 11) is 0. The second-order valence-electron chi connectivity index (χ2n) is 5.26. The summed E-state index contributed by atoms with van der Waals surface area (Å²) in [5.74, 6) is 0. The van der Waals surface area contributed by atoms with E-state index < -0.39 is 6.10 Å². The van der Waals surface area contributed by atoms with Crippen LogP contribution in [0.2, 0.25) is 0 Å². The Hall–Kier alpha value is -2.20. The van der Waals surface area contributed by atoms with Crippen LogP contribution in [-0.4, -0.2) is 19.9 Å². The van der Waals surface area contributed by atoms with Gasteiger partial charge in [0.1, 0.15) is 6.10 Å². The average Bonchev–Trinajstić information content (AvgIpc) is 2.86. The number of aromatic nitrogens is 3. The van der Waals surface area contributed by atoms with Crippen LogP contribution in [-0.2, 0) is 13.0 Å². The first-order valence-electron chi connectivity index (χ1n) is 7.24. The number of nitrogens with zero attached hydrogens (tertiary/aromatic N) is 3. The van der Waals surface area contributed by atoms with Crippen molar-refractivity contribution in [3.63, 3.8) is 0 Å². The average molecular weight is 281 g/mol. The van der Waals surface area contributed by atoms with Crippen LogP contribution in [0.5, 0.6) is 0 Å². The molecule has 2 heterocycles. The topological polar surface area (TPSA) is 50.9 Å². The summed E-state index contributed by atoms with van der Waals surface area (Å²) < 4.78 is 1.97. The van der Waals surface area contributed by atoms with Crippen molar-refractivity contribution in [2.75, 3.05) is 0 Å². The minimum atomic E-state index is -0.630. The number of hydrogen-bond acceptors (Lipinski definition) is 3. The highest BCUT2D eigenvalue weighted by molar-refractivity contribution is 5.82. The molecule has 0 saturated heterocycles. The standard InChI is InChI=1S/C17H19N3O/c1-3-20-16-7-5-4-6-13(16)15(19-20)10-17(21)14-9-8-12(2)11-18-14/h4-9,11,17,21H,3,10H2,1-2H3. The van der Waals surface area contributed by atoms with Gasteiger partial charge in [0.2, 0.25) is 0 Å². The van der Waals surface area contributed by atoms with Crippen LogP contribution in [0.4, 0.5) is 0 Å². The van der Waals surface area contributed by atoms with Crippen LogP contribution in [0.25, 0.3) is 10.9 Å². The molecule has 0 aliphatic heterocycles. The van der Waals surface area contributed by atoms with Crippen LogP contribution >= 0.6 is 0 Å². The molecule has 3 rings (SSSR count). The van der Waals surface area contributed by atoms with E-state index in [0.717, 1.165) is 28.7 Å². The third-order valence-corrected chi connectivity index (χ3v) is 3.70. The zero-order chi connectivity index (χ0) is 14.8. The number of rotatable bonds is 4. The van der Waals surface area contributed by atoms with Gasteiger partial charge in [0.25, 0.3) is 0 Å². The fraction of sp³-hybridized carbons (Fsp3) is 0.294. The SMILES string of the molecule is CCn1nc(CC(O)c2ccc(C)cn2)c2ccccc21. The van der Waals surface area contributed by atoms with Gasteiger partial charge in [0, 0.05) is 24.5 Å². The Morgan fingerprint density at radius 3 is 2.71 bits per heavy atom. The van der Waals surface area contributed by atoms with E-state index in [1.165, 1.54) is 0 Å². The summed E-state index contributed by atoms with van der Waals surface area (Å²) in [5.41, 5.74) is 3.81. The Balaban J connectivity index is 1.92. The first-order valence-corrected chi connectivity index (χ1v) is 7.24. The lowest BCUT2D eigenvalue weighted by atomic mass is 10.1. The predicted molar refractivity (Wildman–Crippen MR) is 83.0 cm³/mol. The zero-order valence-corrected chi connectivity index (χ0v) is 12.3. The van der Waals surface area contributed by atoms with Gasteiger partial charge >= 0.3 is 0 Å². The van der Waals surface area contributed by atoms with Gasteiger partial charge in [-0.15, -0.1) is 0 Å². The van der Waals surface area contributed by atoms with Crippen LogP contribution in [0.1, 0.15) is 30.0 Å². The maximum absolute atomic E-state index is 10.4. The molecule has 3 aromatic rings. The van der Waals surface area contributed by atoms with E-state index in [4.69, 9.17) is 0 Å². The number of aliphatic hydroxyl groups is 1. The van der Waals surface area contributed by atoms with Crippen molar-refractivity contribution in [1.82, 2.24) is 14.8 Å². The smallest absolute Gasteiger partial charge is 0.102 e. The quantitative estimate of drug-likeness (QED) is 0.799. The molecule has 0 spiro atoms. The number of benzene rings is 1. The van der Waals surface area contributed by atoms with Crippen LogP contribution in [0.3, 0.4) is 0 Å². The van der Waals surface area contributed by atoms with Gasteiger partial charge in [-0.2, -0.15) is 5.10 Å². The third kappa shape index (κ3) is 2.67. The molecule has 0 bridgehead atoms. The maximum Gasteiger partial charge on any atom is 0.102 e. The Morgan fingerprint density at radius 2 is 2.00 bits per heavy atom. The molecule has 1 aromatic carbocycles. The summed E-state index contributed by atoms with van der Waals surface area (Å²) in [4.78, 5) is 4.30. The number of pyridine rings is 1. The predicted octanol–water partition coefficient (Wildman–Crippen LogP) is 3.04. The van der Waals surface area contributed by atoms with Gasteiger partial charge in [-0.25, -0.2) is 0 Å². The second-order valence-corrected chi connectivity index (χ2v) is 5.26. The Labute approximate surface area is 124 Å². The number of para-hydroxylation sites is 1. The normalized spacial score (nSPS) is 12.7. The van der Waals surface area contributed by atoms with Gasteiger partial charge in [-0.3, -0.25) is 9.67 Å². The third-order valence-electron chi connectivity index (χ3n) is 3.70. The van der Waals surface area contributed by atoms with Crippen molar-refractivity contribution in [3.8, 4) is 0 Å². The number of aryl methyl sites for hydroxylation is 2. The molecule has 0 fully saturated rings. The lowest BCUT2D eigenvalue weighted by Gasteiger charge is -2.08. The first kappa shape index (κ1) is 13.8. The van der Waals surface area contributed by atoms with Crippen molar-refractivity contribution in [2.24, 2.45) is 0 Å². The van der Waals surface area contributed by atoms with E-state index in [-0.39, 0.29) is 0 Å². The Morgan fingerprint density at radius 1 is 1.19 bits per heavy atom. The molecule has 108 valence electrons. The van der Waals surface area contributed by atoms with Crippen molar-refractivity contribution < 1.29 is 5.11 Å². The summed E-state index contributed by atoms with van der Waals surface area (Å²) in [6.07, 6.45) is 1.62. The lowest BCUT2D eigenvalue weighted by Crippen LogP contribution is -2.05. The van der Waals surface area contributed by atoms with Crippen molar-refractivity contribution in [2.45, 2.75) is 32.9 Å². The van der Waals surface area contributed by atoms with E-state index in [9.17, 15) is 5.11 Å². The summed E-state index contributed by atoms with van der Waals surface area (Å²) in [6.45, 7) is 4.88. The highest BCUT2D eigenvalue weighted by atomic mass is 16.3. The summed E-state index contributed by atoms with van der Waals surface area (Å²) in [6, 6.07) is 12.0. The fourth-order valence-corrected chi connectivity index (χ4v) is 2.55. The van der Waals surface area contributed by atoms with Gasteiger partial charge in [0.15, 0.2) is 0 Å². The van der Waals surface area contributed by atoms with Crippen molar-refractivity contribution >= 4 is 10.9 Å². The molecule has 21 heavy (non-hydrogen) atoms.